The highest BCUT2D eigenvalue weighted by Crippen LogP contribution is 2.27. The Labute approximate surface area is 133 Å². The minimum Gasteiger partial charge on any atom is -0.495 e. The molecule has 0 radical (unpaired) electrons. The van der Waals surface area contributed by atoms with Crippen LogP contribution in [-0.4, -0.2) is 24.1 Å². The van der Waals surface area contributed by atoms with Crippen LogP contribution >= 0.6 is 27.3 Å². The zero-order valence-electron chi connectivity index (χ0n) is 11.0. The quantitative estimate of drug-likeness (QED) is 0.334. The number of ether oxygens (including phenoxy) is 1. The van der Waals surface area contributed by atoms with Crippen molar-refractivity contribution in [3.05, 3.63) is 44.6 Å². The zero-order chi connectivity index (χ0) is 15.4. The van der Waals surface area contributed by atoms with Crippen LogP contribution < -0.4 is 15.8 Å². The molecule has 0 fully saturated rings. The van der Waals surface area contributed by atoms with Gasteiger partial charge in [0.25, 0.3) is 5.91 Å². The number of oxime groups is 1. The number of benzene rings is 1. The summed E-state index contributed by atoms with van der Waals surface area (Å²) < 4.78 is 6.09. The van der Waals surface area contributed by atoms with E-state index in [2.05, 4.69) is 26.4 Å². The summed E-state index contributed by atoms with van der Waals surface area (Å²) in [6, 6.07) is 6.56. The molecule has 8 heteroatoms. The average molecular weight is 370 g/mol. The Morgan fingerprint density at radius 3 is 2.76 bits per heavy atom. The number of carbonyl (C=O) groups excluding carboxylic acids is 1. The van der Waals surface area contributed by atoms with Crippen LogP contribution in [-0.2, 0) is 0 Å². The van der Waals surface area contributed by atoms with Gasteiger partial charge in [0.05, 0.1) is 22.1 Å². The van der Waals surface area contributed by atoms with Gasteiger partial charge in [-0.05, 0) is 40.2 Å². The summed E-state index contributed by atoms with van der Waals surface area (Å²) in [4.78, 5) is 12.1. The largest absolute Gasteiger partial charge is 0.495 e. The third kappa shape index (κ3) is 3.53. The van der Waals surface area contributed by atoms with Crippen molar-refractivity contribution in [2.75, 3.05) is 12.4 Å². The van der Waals surface area contributed by atoms with E-state index >= 15 is 0 Å². The Balaban J connectivity index is 2.26. The van der Waals surface area contributed by atoms with Crippen LogP contribution in [0.1, 0.15) is 15.9 Å². The molecule has 0 bridgehead atoms. The molecule has 1 aromatic heterocycles. The average Bonchev–Trinajstić information content (AvgIpc) is 2.93. The first kappa shape index (κ1) is 15.3. The standard InChI is InChI=1S/C13H12BrN3O3S/c1-20-10-4-7(12(15)17-19)2-3-9(10)16-13(18)8-5-11(14)21-6-8/h2-6,19H,1H3,(H2,15,17)(H,16,18). The van der Waals surface area contributed by atoms with Gasteiger partial charge < -0.3 is 21.0 Å². The summed E-state index contributed by atoms with van der Waals surface area (Å²) in [6.45, 7) is 0. The number of hydrogen-bond acceptors (Lipinski definition) is 5. The number of hydrogen-bond donors (Lipinski definition) is 3. The summed E-state index contributed by atoms with van der Waals surface area (Å²) in [5.41, 5.74) is 7.06. The highest BCUT2D eigenvalue weighted by molar-refractivity contribution is 9.11. The van der Waals surface area contributed by atoms with Gasteiger partial charge in [0.15, 0.2) is 5.84 Å². The van der Waals surface area contributed by atoms with Crippen molar-refractivity contribution >= 4 is 44.7 Å². The molecular formula is C13H12BrN3O3S. The van der Waals surface area contributed by atoms with Gasteiger partial charge in [-0.2, -0.15) is 0 Å². The van der Waals surface area contributed by atoms with Gasteiger partial charge in [0.2, 0.25) is 0 Å². The normalized spacial score (nSPS) is 11.2. The van der Waals surface area contributed by atoms with Crippen molar-refractivity contribution in [3.63, 3.8) is 0 Å². The lowest BCUT2D eigenvalue weighted by atomic mass is 10.1. The molecule has 0 aliphatic carbocycles. The van der Waals surface area contributed by atoms with E-state index in [0.29, 0.717) is 22.6 Å². The zero-order valence-corrected chi connectivity index (χ0v) is 13.4. The smallest absolute Gasteiger partial charge is 0.256 e. The first-order valence-corrected chi connectivity index (χ1v) is 7.43. The number of carbonyl (C=O) groups is 1. The van der Waals surface area contributed by atoms with E-state index in [0.717, 1.165) is 3.79 Å². The van der Waals surface area contributed by atoms with E-state index in [4.69, 9.17) is 15.7 Å². The molecule has 0 spiro atoms. The van der Waals surface area contributed by atoms with Gasteiger partial charge in [-0.3, -0.25) is 4.79 Å². The van der Waals surface area contributed by atoms with E-state index < -0.39 is 0 Å². The fourth-order valence-corrected chi connectivity index (χ4v) is 2.77. The van der Waals surface area contributed by atoms with Crippen molar-refractivity contribution < 1.29 is 14.7 Å². The number of nitrogens with one attached hydrogen (secondary N) is 1. The van der Waals surface area contributed by atoms with Crippen LogP contribution in [0.15, 0.2) is 38.6 Å². The highest BCUT2D eigenvalue weighted by atomic mass is 79.9. The van der Waals surface area contributed by atoms with Crippen molar-refractivity contribution in [3.8, 4) is 5.75 Å². The molecular weight excluding hydrogens is 358 g/mol. The van der Waals surface area contributed by atoms with Crippen LogP contribution in [0.5, 0.6) is 5.75 Å². The summed E-state index contributed by atoms with van der Waals surface area (Å²) in [6.07, 6.45) is 0. The molecule has 21 heavy (non-hydrogen) atoms. The number of thiophene rings is 1. The number of halogens is 1. The fraction of sp³-hybridized carbons (Fsp3) is 0.0769. The lowest BCUT2D eigenvalue weighted by Gasteiger charge is -2.11. The predicted molar refractivity (Wildman–Crippen MR) is 85.5 cm³/mol. The van der Waals surface area contributed by atoms with Gasteiger partial charge in [-0.15, -0.1) is 11.3 Å². The van der Waals surface area contributed by atoms with Gasteiger partial charge in [0, 0.05) is 10.9 Å². The van der Waals surface area contributed by atoms with Crippen molar-refractivity contribution in [1.29, 1.82) is 0 Å². The molecule has 6 nitrogen and oxygen atoms in total. The summed E-state index contributed by atoms with van der Waals surface area (Å²) in [5.74, 6) is 0.140. The number of anilines is 1. The lowest BCUT2D eigenvalue weighted by Crippen LogP contribution is -2.15. The molecule has 0 saturated heterocycles. The molecule has 1 amide bonds. The number of nitrogens with two attached hydrogens (primary N) is 1. The number of amidine groups is 1. The number of nitrogens with zero attached hydrogens (tertiary/aromatic N) is 1. The van der Waals surface area contributed by atoms with Crippen LogP contribution in [0, 0.1) is 0 Å². The first-order valence-electron chi connectivity index (χ1n) is 5.76. The molecule has 110 valence electrons. The SMILES string of the molecule is COc1cc(/C(N)=N/O)ccc1NC(=O)c1csc(Br)c1. The van der Waals surface area contributed by atoms with Crippen LogP contribution in [0.4, 0.5) is 5.69 Å². The molecule has 2 rings (SSSR count). The maximum Gasteiger partial charge on any atom is 0.256 e. The van der Waals surface area contributed by atoms with Crippen molar-refractivity contribution in [2.45, 2.75) is 0 Å². The van der Waals surface area contributed by atoms with Crippen molar-refractivity contribution in [1.82, 2.24) is 0 Å². The molecule has 1 heterocycles. The monoisotopic (exact) mass is 369 g/mol. The second kappa shape index (κ2) is 6.59. The number of methoxy groups -OCH3 is 1. The first-order chi connectivity index (χ1) is 10.0. The van der Waals surface area contributed by atoms with Crippen LogP contribution in [0.2, 0.25) is 0 Å². The molecule has 4 N–H and O–H groups in total. The van der Waals surface area contributed by atoms with Gasteiger partial charge in [-0.25, -0.2) is 0 Å². The van der Waals surface area contributed by atoms with E-state index in [-0.39, 0.29) is 11.7 Å². The van der Waals surface area contributed by atoms with E-state index in [1.165, 1.54) is 18.4 Å². The number of rotatable bonds is 4. The molecule has 0 aliphatic heterocycles. The fourth-order valence-electron chi connectivity index (χ4n) is 1.64. The second-order valence-corrected chi connectivity index (χ2v) is 6.28. The lowest BCUT2D eigenvalue weighted by molar-refractivity contribution is 0.102. The molecule has 0 saturated carbocycles. The molecule has 2 aromatic rings. The Morgan fingerprint density at radius 1 is 1.43 bits per heavy atom. The van der Waals surface area contributed by atoms with Crippen molar-refractivity contribution in [2.24, 2.45) is 10.9 Å². The summed E-state index contributed by atoms with van der Waals surface area (Å²) in [7, 11) is 1.47. The maximum atomic E-state index is 12.1. The third-order valence-corrected chi connectivity index (χ3v) is 4.19. The molecule has 0 unspecified atom stereocenters. The highest BCUT2D eigenvalue weighted by Gasteiger charge is 2.12. The topological polar surface area (TPSA) is 96.9 Å². The predicted octanol–water partition coefficient (Wildman–Crippen LogP) is 2.87. The molecule has 0 atom stereocenters. The Kier molecular flexibility index (Phi) is 4.81. The van der Waals surface area contributed by atoms with Gasteiger partial charge in [0.1, 0.15) is 5.75 Å². The molecule has 0 aliphatic rings. The maximum absolute atomic E-state index is 12.1. The van der Waals surface area contributed by atoms with E-state index in [1.54, 1.807) is 29.6 Å². The van der Waals surface area contributed by atoms with Gasteiger partial charge >= 0.3 is 0 Å². The van der Waals surface area contributed by atoms with E-state index in [9.17, 15) is 4.79 Å². The Bertz CT molecular complexity index is 700. The van der Waals surface area contributed by atoms with Crippen LogP contribution in [0.3, 0.4) is 0 Å². The minimum atomic E-state index is -0.244. The second-order valence-electron chi connectivity index (χ2n) is 3.99. The molecule has 1 aromatic carbocycles. The van der Waals surface area contributed by atoms with E-state index in [1.807, 2.05) is 0 Å². The summed E-state index contributed by atoms with van der Waals surface area (Å²) >= 11 is 4.74. The summed E-state index contributed by atoms with van der Waals surface area (Å²) in [5, 5.41) is 16.1. The number of amides is 1. The minimum absolute atomic E-state index is 0.0343. The Hall–Kier alpha value is -2.06. The van der Waals surface area contributed by atoms with Crippen LogP contribution in [0.25, 0.3) is 0 Å². The Morgan fingerprint density at radius 2 is 2.19 bits per heavy atom. The van der Waals surface area contributed by atoms with Gasteiger partial charge in [-0.1, -0.05) is 5.16 Å². The third-order valence-electron chi connectivity index (χ3n) is 2.68.